The number of amides is 1. The first-order valence-corrected chi connectivity index (χ1v) is 10.8. The summed E-state index contributed by atoms with van der Waals surface area (Å²) in [5, 5.41) is 3.02. The number of nitrogens with zero attached hydrogens (tertiary/aromatic N) is 1. The number of hydrogen-bond acceptors (Lipinski definition) is 5. The molecule has 0 radical (unpaired) electrons. The molecule has 2 aromatic rings. The highest BCUT2D eigenvalue weighted by Gasteiger charge is 2.24. The summed E-state index contributed by atoms with van der Waals surface area (Å²) in [4.78, 5) is 14.8. The molecule has 1 atom stereocenters. The molecule has 0 saturated carbocycles. The second-order valence-electron chi connectivity index (χ2n) is 7.47. The minimum atomic E-state index is -0.131. The molecule has 1 aromatic heterocycles. The fourth-order valence-corrected chi connectivity index (χ4v) is 3.67. The van der Waals surface area contributed by atoms with E-state index in [1.165, 1.54) is 19.3 Å². The van der Waals surface area contributed by atoms with E-state index in [1.54, 1.807) is 25.5 Å². The number of hydrogen-bond donors (Lipinski definition) is 1. The number of rotatable bonds is 10. The van der Waals surface area contributed by atoms with Crippen LogP contribution in [0.25, 0.3) is 6.08 Å². The van der Waals surface area contributed by atoms with E-state index >= 15 is 0 Å². The molecule has 1 aliphatic rings. The number of piperidine rings is 1. The zero-order valence-corrected chi connectivity index (χ0v) is 17.9. The molecule has 3 rings (SSSR count). The van der Waals surface area contributed by atoms with Crippen molar-refractivity contribution in [3.05, 3.63) is 54.0 Å². The highest BCUT2D eigenvalue weighted by Crippen LogP contribution is 2.29. The van der Waals surface area contributed by atoms with Crippen LogP contribution in [0, 0.1) is 0 Å². The lowest BCUT2D eigenvalue weighted by Crippen LogP contribution is -2.40. The maximum Gasteiger partial charge on any atom is 0.244 e. The number of likely N-dealkylation sites (tertiary alicyclic amines) is 1. The van der Waals surface area contributed by atoms with Gasteiger partial charge in [0.2, 0.25) is 5.91 Å². The predicted octanol–water partition coefficient (Wildman–Crippen LogP) is 4.43. The van der Waals surface area contributed by atoms with Gasteiger partial charge in [-0.1, -0.05) is 19.4 Å². The van der Waals surface area contributed by atoms with Crippen LogP contribution in [0.1, 0.15) is 50.0 Å². The van der Waals surface area contributed by atoms with Crippen LogP contribution >= 0.6 is 0 Å². The quantitative estimate of drug-likeness (QED) is 0.585. The predicted molar refractivity (Wildman–Crippen MR) is 118 cm³/mol. The van der Waals surface area contributed by atoms with Crippen molar-refractivity contribution in [2.75, 3.05) is 33.4 Å². The van der Waals surface area contributed by atoms with Gasteiger partial charge in [-0.2, -0.15) is 0 Å². The molecule has 1 saturated heterocycles. The van der Waals surface area contributed by atoms with Gasteiger partial charge in [0, 0.05) is 12.6 Å². The van der Waals surface area contributed by atoms with Gasteiger partial charge in [0.15, 0.2) is 11.5 Å². The number of ether oxygens (including phenoxy) is 2. The summed E-state index contributed by atoms with van der Waals surface area (Å²) < 4.78 is 16.7. The first-order valence-electron chi connectivity index (χ1n) is 10.8. The van der Waals surface area contributed by atoms with Gasteiger partial charge in [0.1, 0.15) is 5.76 Å². The number of benzene rings is 1. The molecule has 0 bridgehead atoms. The zero-order valence-electron chi connectivity index (χ0n) is 17.9. The Bertz CT molecular complexity index is 811. The Morgan fingerprint density at radius 1 is 1.23 bits per heavy atom. The zero-order chi connectivity index (χ0) is 21.2. The van der Waals surface area contributed by atoms with Gasteiger partial charge in [0.25, 0.3) is 0 Å². The standard InChI is InChI=1S/C24H32N2O4/c1-3-15-29-22-11-9-19(17-23(22)28-2)10-12-24(27)25-18-20(21-8-7-16-30-21)26-13-5-4-6-14-26/h7-12,16-17,20H,3-6,13-15,18H2,1-2H3,(H,25,27)/b12-10+. The van der Waals surface area contributed by atoms with Crippen LogP contribution in [0.3, 0.4) is 0 Å². The van der Waals surface area contributed by atoms with Crippen molar-refractivity contribution in [2.24, 2.45) is 0 Å². The van der Waals surface area contributed by atoms with E-state index < -0.39 is 0 Å². The summed E-state index contributed by atoms with van der Waals surface area (Å²) in [6.07, 6.45) is 9.59. The molecule has 6 heteroatoms. The number of methoxy groups -OCH3 is 1. The van der Waals surface area contributed by atoms with Gasteiger partial charge in [-0.15, -0.1) is 0 Å². The summed E-state index contributed by atoms with van der Waals surface area (Å²) >= 11 is 0. The van der Waals surface area contributed by atoms with E-state index in [4.69, 9.17) is 13.9 Å². The van der Waals surface area contributed by atoms with E-state index in [0.717, 1.165) is 30.8 Å². The molecule has 1 amide bonds. The Labute approximate surface area is 178 Å². The second-order valence-corrected chi connectivity index (χ2v) is 7.47. The molecule has 0 spiro atoms. The number of furan rings is 1. The average molecular weight is 413 g/mol. The molecule has 30 heavy (non-hydrogen) atoms. The summed E-state index contributed by atoms with van der Waals surface area (Å²) in [6.45, 7) is 5.28. The summed E-state index contributed by atoms with van der Waals surface area (Å²) in [6, 6.07) is 9.60. The Hall–Kier alpha value is -2.73. The molecule has 1 unspecified atom stereocenters. The number of nitrogens with one attached hydrogen (secondary N) is 1. The van der Waals surface area contributed by atoms with E-state index in [0.29, 0.717) is 24.7 Å². The molecule has 0 aliphatic carbocycles. The second kappa shape index (κ2) is 11.5. The molecule has 162 valence electrons. The van der Waals surface area contributed by atoms with Gasteiger partial charge in [-0.3, -0.25) is 9.69 Å². The highest BCUT2D eigenvalue weighted by atomic mass is 16.5. The van der Waals surface area contributed by atoms with E-state index in [1.807, 2.05) is 30.3 Å². The lowest BCUT2D eigenvalue weighted by molar-refractivity contribution is -0.116. The third kappa shape index (κ3) is 6.13. The molecule has 6 nitrogen and oxygen atoms in total. The minimum absolute atomic E-state index is 0.0627. The van der Waals surface area contributed by atoms with Crippen LogP contribution < -0.4 is 14.8 Å². The van der Waals surface area contributed by atoms with Crippen LogP contribution in [0.2, 0.25) is 0 Å². The maximum absolute atomic E-state index is 12.4. The van der Waals surface area contributed by atoms with Crippen LogP contribution in [-0.4, -0.2) is 44.2 Å². The van der Waals surface area contributed by atoms with Gasteiger partial charge in [-0.05, 0) is 68.3 Å². The summed E-state index contributed by atoms with van der Waals surface area (Å²) in [5.74, 6) is 2.14. The van der Waals surface area contributed by atoms with Crippen molar-refractivity contribution in [1.29, 1.82) is 0 Å². The largest absolute Gasteiger partial charge is 0.493 e. The Kier molecular flexibility index (Phi) is 8.39. The molecule has 1 fully saturated rings. The highest BCUT2D eigenvalue weighted by molar-refractivity contribution is 5.91. The van der Waals surface area contributed by atoms with Crippen molar-refractivity contribution in [3.63, 3.8) is 0 Å². The van der Waals surface area contributed by atoms with Gasteiger partial charge >= 0.3 is 0 Å². The van der Waals surface area contributed by atoms with Crippen molar-refractivity contribution < 1.29 is 18.7 Å². The first kappa shape index (κ1) is 22.0. The number of carbonyl (C=O) groups is 1. The minimum Gasteiger partial charge on any atom is -0.493 e. The Morgan fingerprint density at radius 3 is 2.77 bits per heavy atom. The summed E-state index contributed by atoms with van der Waals surface area (Å²) in [5.41, 5.74) is 0.879. The average Bonchev–Trinajstić information content (AvgIpc) is 3.32. The van der Waals surface area contributed by atoms with E-state index in [-0.39, 0.29) is 11.9 Å². The van der Waals surface area contributed by atoms with Crippen molar-refractivity contribution in [1.82, 2.24) is 10.2 Å². The molecule has 1 aliphatic heterocycles. The van der Waals surface area contributed by atoms with Crippen molar-refractivity contribution in [3.8, 4) is 11.5 Å². The van der Waals surface area contributed by atoms with Gasteiger partial charge in [-0.25, -0.2) is 0 Å². The third-order valence-corrected chi connectivity index (χ3v) is 5.25. The monoisotopic (exact) mass is 412 g/mol. The summed E-state index contributed by atoms with van der Waals surface area (Å²) in [7, 11) is 1.61. The lowest BCUT2D eigenvalue weighted by Gasteiger charge is -2.33. The topological polar surface area (TPSA) is 63.9 Å². The lowest BCUT2D eigenvalue weighted by atomic mass is 10.1. The fourth-order valence-electron chi connectivity index (χ4n) is 3.67. The SMILES string of the molecule is CCCOc1ccc(/C=C/C(=O)NCC(c2ccco2)N2CCCCC2)cc1OC. The van der Waals surface area contributed by atoms with Crippen molar-refractivity contribution in [2.45, 2.75) is 38.6 Å². The van der Waals surface area contributed by atoms with Crippen LogP contribution in [0.4, 0.5) is 0 Å². The smallest absolute Gasteiger partial charge is 0.244 e. The first-order chi connectivity index (χ1) is 14.7. The Balaban J connectivity index is 1.59. The van der Waals surface area contributed by atoms with Crippen LogP contribution in [-0.2, 0) is 4.79 Å². The van der Waals surface area contributed by atoms with E-state index in [2.05, 4.69) is 17.1 Å². The Morgan fingerprint density at radius 2 is 2.07 bits per heavy atom. The van der Waals surface area contributed by atoms with Gasteiger partial charge in [0.05, 0.1) is 26.0 Å². The molecule has 1 aromatic carbocycles. The fraction of sp³-hybridized carbons (Fsp3) is 0.458. The third-order valence-electron chi connectivity index (χ3n) is 5.25. The molecule has 1 N–H and O–H groups in total. The van der Waals surface area contributed by atoms with Gasteiger partial charge < -0.3 is 19.2 Å². The van der Waals surface area contributed by atoms with Crippen LogP contribution in [0.15, 0.2) is 47.1 Å². The molecular formula is C24H32N2O4. The molecular weight excluding hydrogens is 380 g/mol. The van der Waals surface area contributed by atoms with Crippen LogP contribution in [0.5, 0.6) is 11.5 Å². The number of carbonyl (C=O) groups excluding carboxylic acids is 1. The van der Waals surface area contributed by atoms with E-state index in [9.17, 15) is 4.79 Å². The molecule has 2 heterocycles. The maximum atomic E-state index is 12.4. The normalized spacial score (nSPS) is 15.8. The van der Waals surface area contributed by atoms with Crippen molar-refractivity contribution >= 4 is 12.0 Å².